The van der Waals surface area contributed by atoms with Crippen molar-refractivity contribution in [2.75, 3.05) is 16.4 Å². The Morgan fingerprint density at radius 2 is 1.65 bits per heavy atom. The van der Waals surface area contributed by atoms with Crippen molar-refractivity contribution >= 4 is 40.9 Å². The third-order valence-electron chi connectivity index (χ3n) is 6.23. The Morgan fingerprint density at radius 3 is 2.33 bits per heavy atom. The highest BCUT2D eigenvalue weighted by atomic mass is 32.2. The van der Waals surface area contributed by atoms with E-state index in [1.54, 1.807) is 30.0 Å². The Bertz CT molecular complexity index is 1310. The first-order valence-electron chi connectivity index (χ1n) is 12.9. The Morgan fingerprint density at radius 1 is 0.900 bits per heavy atom. The van der Waals surface area contributed by atoms with Crippen molar-refractivity contribution in [3.63, 3.8) is 0 Å². The van der Waals surface area contributed by atoms with Gasteiger partial charge in [0.05, 0.1) is 25.2 Å². The molecule has 1 aliphatic rings. The first-order valence-corrected chi connectivity index (χ1v) is 13.9. The van der Waals surface area contributed by atoms with Gasteiger partial charge in [-0.05, 0) is 47.5 Å². The summed E-state index contributed by atoms with van der Waals surface area (Å²) in [7, 11) is 0. The van der Waals surface area contributed by atoms with Gasteiger partial charge in [0.15, 0.2) is 6.29 Å². The standard InChI is InChI=1S/C30H32N2O7S/c1-19(34)31-23-9-11-26(12-10-23)40-18-25-16-27(21-7-5-20(17-33)6-8-21)39-30(38-25)22-3-2-4-24(15-22)32-28(35)13-14-29(36)37/h2-12,15,25,27,30,33H,13-14,16-18H2,1H3,(H,31,34)(H,32,35)(H,36,37). The summed E-state index contributed by atoms with van der Waals surface area (Å²) in [6.07, 6.45) is -0.847. The van der Waals surface area contributed by atoms with Crippen molar-refractivity contribution in [2.24, 2.45) is 0 Å². The normalized spacial score (nSPS) is 18.6. The lowest BCUT2D eigenvalue weighted by atomic mass is 10.0. The van der Waals surface area contributed by atoms with Gasteiger partial charge >= 0.3 is 5.97 Å². The van der Waals surface area contributed by atoms with Crippen molar-refractivity contribution in [1.82, 2.24) is 0 Å². The number of hydrogen-bond donors (Lipinski definition) is 4. The van der Waals surface area contributed by atoms with E-state index < -0.39 is 12.3 Å². The largest absolute Gasteiger partial charge is 0.481 e. The number of carboxylic acids is 1. The van der Waals surface area contributed by atoms with E-state index in [0.29, 0.717) is 17.9 Å². The lowest BCUT2D eigenvalue weighted by Crippen LogP contribution is -2.31. The third-order valence-corrected chi connectivity index (χ3v) is 7.38. The molecule has 1 heterocycles. The highest BCUT2D eigenvalue weighted by molar-refractivity contribution is 7.99. The van der Waals surface area contributed by atoms with Gasteiger partial charge in [0.1, 0.15) is 0 Å². The van der Waals surface area contributed by atoms with Gasteiger partial charge < -0.3 is 30.3 Å². The van der Waals surface area contributed by atoms with Crippen molar-refractivity contribution < 1.29 is 34.1 Å². The number of benzene rings is 3. The van der Waals surface area contributed by atoms with E-state index in [9.17, 15) is 19.5 Å². The van der Waals surface area contributed by atoms with Crippen LogP contribution in [0.4, 0.5) is 11.4 Å². The lowest BCUT2D eigenvalue weighted by molar-refractivity contribution is -0.245. The number of anilines is 2. The van der Waals surface area contributed by atoms with Crippen LogP contribution in [0, 0.1) is 0 Å². The van der Waals surface area contributed by atoms with Gasteiger partial charge in [-0.2, -0.15) is 0 Å². The molecule has 4 N–H and O–H groups in total. The van der Waals surface area contributed by atoms with Gasteiger partial charge in [0, 0.05) is 47.4 Å². The fourth-order valence-electron chi connectivity index (χ4n) is 4.26. The van der Waals surface area contributed by atoms with E-state index in [4.69, 9.17) is 14.6 Å². The first kappa shape index (κ1) is 29.3. The minimum Gasteiger partial charge on any atom is -0.481 e. The molecule has 3 aromatic carbocycles. The zero-order valence-electron chi connectivity index (χ0n) is 22.0. The number of carbonyl (C=O) groups excluding carboxylic acids is 2. The molecule has 40 heavy (non-hydrogen) atoms. The van der Waals surface area contributed by atoms with Crippen LogP contribution in [0.2, 0.25) is 0 Å². The highest BCUT2D eigenvalue weighted by Crippen LogP contribution is 2.40. The molecule has 0 radical (unpaired) electrons. The molecule has 0 aromatic heterocycles. The van der Waals surface area contributed by atoms with E-state index in [1.807, 2.05) is 54.6 Å². The Balaban J connectivity index is 1.48. The van der Waals surface area contributed by atoms with Crippen LogP contribution in [0.1, 0.15) is 55.3 Å². The van der Waals surface area contributed by atoms with E-state index in [2.05, 4.69) is 10.6 Å². The van der Waals surface area contributed by atoms with Crippen LogP contribution in [0.15, 0.2) is 77.7 Å². The molecule has 1 saturated heterocycles. The molecule has 210 valence electrons. The monoisotopic (exact) mass is 564 g/mol. The first-order chi connectivity index (χ1) is 19.3. The number of carboxylic acid groups (broad SMARTS) is 1. The maximum Gasteiger partial charge on any atom is 0.303 e. The van der Waals surface area contributed by atoms with Crippen LogP contribution in [0.5, 0.6) is 0 Å². The maximum absolute atomic E-state index is 12.2. The van der Waals surface area contributed by atoms with Crippen LogP contribution >= 0.6 is 11.8 Å². The van der Waals surface area contributed by atoms with Gasteiger partial charge in [0.25, 0.3) is 0 Å². The summed E-state index contributed by atoms with van der Waals surface area (Å²) in [5, 5.41) is 23.8. The Hall–Kier alpha value is -3.70. The zero-order chi connectivity index (χ0) is 28.5. The number of amides is 2. The summed E-state index contributed by atoms with van der Waals surface area (Å²) in [5.41, 5.74) is 3.77. The van der Waals surface area contributed by atoms with E-state index in [0.717, 1.165) is 27.3 Å². The predicted octanol–water partition coefficient (Wildman–Crippen LogP) is 5.28. The molecule has 3 atom stereocenters. The number of aliphatic hydroxyl groups is 1. The average molecular weight is 565 g/mol. The number of rotatable bonds is 11. The molecule has 9 nitrogen and oxygen atoms in total. The second-order valence-corrected chi connectivity index (χ2v) is 10.5. The van der Waals surface area contributed by atoms with E-state index >= 15 is 0 Å². The smallest absolute Gasteiger partial charge is 0.303 e. The van der Waals surface area contributed by atoms with Crippen LogP contribution < -0.4 is 10.6 Å². The van der Waals surface area contributed by atoms with Crippen LogP contribution in [-0.4, -0.2) is 39.9 Å². The maximum atomic E-state index is 12.2. The number of carbonyl (C=O) groups is 3. The lowest BCUT2D eigenvalue weighted by Gasteiger charge is -2.36. The molecule has 3 aromatic rings. The van der Waals surface area contributed by atoms with Crippen LogP contribution in [0.25, 0.3) is 0 Å². The topological polar surface area (TPSA) is 134 Å². The quantitative estimate of drug-likeness (QED) is 0.231. The number of ether oxygens (including phenoxy) is 2. The summed E-state index contributed by atoms with van der Waals surface area (Å²) in [6.45, 7) is 1.43. The second kappa shape index (κ2) is 14.1. The van der Waals surface area contributed by atoms with Gasteiger partial charge in [-0.25, -0.2) is 0 Å². The highest BCUT2D eigenvalue weighted by Gasteiger charge is 2.32. The Kier molecular flexibility index (Phi) is 10.3. The summed E-state index contributed by atoms with van der Waals surface area (Å²) in [6, 6.07) is 22.4. The third kappa shape index (κ3) is 8.65. The number of hydrogen-bond acceptors (Lipinski definition) is 7. The molecule has 0 aliphatic carbocycles. The molecule has 0 bridgehead atoms. The number of nitrogens with one attached hydrogen (secondary N) is 2. The molecule has 4 rings (SSSR count). The SMILES string of the molecule is CC(=O)Nc1ccc(SCC2CC(c3ccc(CO)cc3)OC(c3cccc(NC(=O)CCC(=O)O)c3)O2)cc1. The van der Waals surface area contributed by atoms with Gasteiger partial charge in [-0.3, -0.25) is 14.4 Å². The molecular weight excluding hydrogens is 532 g/mol. The summed E-state index contributed by atoms with van der Waals surface area (Å²) in [4.78, 5) is 35.3. The average Bonchev–Trinajstić information content (AvgIpc) is 2.95. The van der Waals surface area contributed by atoms with Gasteiger partial charge in [0.2, 0.25) is 11.8 Å². The van der Waals surface area contributed by atoms with E-state index in [1.165, 1.54) is 6.92 Å². The van der Waals surface area contributed by atoms with E-state index in [-0.39, 0.29) is 43.5 Å². The zero-order valence-corrected chi connectivity index (χ0v) is 22.9. The minimum atomic E-state index is -1.03. The predicted molar refractivity (Wildman–Crippen MR) is 152 cm³/mol. The van der Waals surface area contributed by atoms with Crippen LogP contribution in [0.3, 0.4) is 0 Å². The number of thioether (sulfide) groups is 1. The molecular formula is C30H32N2O7S. The van der Waals surface area contributed by atoms with Crippen molar-refractivity contribution in [2.45, 2.75) is 56.2 Å². The van der Waals surface area contributed by atoms with Crippen LogP contribution in [-0.2, 0) is 30.5 Å². The number of aliphatic hydroxyl groups excluding tert-OH is 1. The molecule has 3 unspecified atom stereocenters. The summed E-state index contributed by atoms with van der Waals surface area (Å²) in [5.74, 6) is -0.871. The molecule has 10 heteroatoms. The number of aliphatic carboxylic acids is 1. The van der Waals surface area contributed by atoms with Gasteiger partial charge in [-0.1, -0.05) is 36.4 Å². The molecule has 1 aliphatic heterocycles. The Labute approximate surface area is 236 Å². The molecule has 0 saturated carbocycles. The molecule has 2 amide bonds. The second-order valence-electron chi connectivity index (χ2n) is 9.43. The van der Waals surface area contributed by atoms with Gasteiger partial charge in [-0.15, -0.1) is 11.8 Å². The minimum absolute atomic E-state index is 0.0392. The summed E-state index contributed by atoms with van der Waals surface area (Å²) < 4.78 is 12.8. The summed E-state index contributed by atoms with van der Waals surface area (Å²) >= 11 is 1.64. The fraction of sp³-hybridized carbons (Fsp3) is 0.300. The van der Waals surface area contributed by atoms with Crippen molar-refractivity contribution in [3.8, 4) is 0 Å². The molecule has 1 fully saturated rings. The van der Waals surface area contributed by atoms with Crippen molar-refractivity contribution in [3.05, 3.63) is 89.5 Å². The molecule has 0 spiro atoms. The van der Waals surface area contributed by atoms with Crippen molar-refractivity contribution in [1.29, 1.82) is 0 Å². The fourth-order valence-corrected chi connectivity index (χ4v) is 5.18.